The van der Waals surface area contributed by atoms with Gasteiger partial charge in [0.1, 0.15) is 6.04 Å². The maximum absolute atomic E-state index is 12.6. The summed E-state index contributed by atoms with van der Waals surface area (Å²) in [4.78, 5) is 27.2. The maximum Gasteiger partial charge on any atom is 0.326 e. The van der Waals surface area contributed by atoms with E-state index < -0.39 is 17.6 Å². The highest BCUT2D eigenvalue weighted by Gasteiger charge is 2.43. The Balaban J connectivity index is 2.12. The molecule has 0 aliphatic carbocycles. The fourth-order valence-corrected chi connectivity index (χ4v) is 3.32. The molecular formula is C14H24N2O4. The van der Waals surface area contributed by atoms with E-state index in [2.05, 4.69) is 0 Å². The fourth-order valence-electron chi connectivity index (χ4n) is 3.32. The third-order valence-electron chi connectivity index (χ3n) is 4.04. The van der Waals surface area contributed by atoms with E-state index in [1.807, 2.05) is 27.7 Å². The number of carbonyl (C=O) groups is 2. The number of ether oxygens (including phenoxy) is 1. The standard InChI is InChI=1S/C14H24N2O4/c1-9-5-6-16(11(9)12(17)18)13(19)15-7-10(2)20-14(3,4)8-15/h9-11H,5-8H2,1-4H3,(H,17,18). The van der Waals surface area contributed by atoms with Gasteiger partial charge in [-0.1, -0.05) is 6.92 Å². The van der Waals surface area contributed by atoms with Crippen molar-refractivity contribution >= 4 is 12.0 Å². The van der Waals surface area contributed by atoms with Crippen molar-refractivity contribution in [2.75, 3.05) is 19.6 Å². The molecule has 114 valence electrons. The van der Waals surface area contributed by atoms with Crippen molar-refractivity contribution in [3.05, 3.63) is 0 Å². The lowest BCUT2D eigenvalue weighted by atomic mass is 10.0. The Morgan fingerprint density at radius 2 is 1.95 bits per heavy atom. The average Bonchev–Trinajstić information content (AvgIpc) is 2.67. The molecule has 2 amide bonds. The highest BCUT2D eigenvalue weighted by molar-refractivity contribution is 5.83. The second kappa shape index (κ2) is 5.24. The van der Waals surface area contributed by atoms with Crippen LogP contribution in [0.2, 0.25) is 0 Å². The largest absolute Gasteiger partial charge is 0.480 e. The van der Waals surface area contributed by atoms with Crippen LogP contribution in [-0.4, -0.2) is 64.3 Å². The first-order chi connectivity index (χ1) is 9.21. The summed E-state index contributed by atoms with van der Waals surface area (Å²) in [5.41, 5.74) is -0.391. The molecule has 2 saturated heterocycles. The minimum atomic E-state index is -0.913. The molecule has 0 saturated carbocycles. The van der Waals surface area contributed by atoms with Crippen LogP contribution in [0.25, 0.3) is 0 Å². The summed E-state index contributed by atoms with van der Waals surface area (Å²) in [6.45, 7) is 9.24. The van der Waals surface area contributed by atoms with Crippen LogP contribution in [0.15, 0.2) is 0 Å². The number of carboxylic acids is 1. The molecule has 2 aliphatic rings. The monoisotopic (exact) mass is 284 g/mol. The first-order valence-corrected chi connectivity index (χ1v) is 7.17. The van der Waals surface area contributed by atoms with Crippen molar-refractivity contribution in [3.63, 3.8) is 0 Å². The lowest BCUT2D eigenvalue weighted by molar-refractivity contribution is -0.143. The van der Waals surface area contributed by atoms with Gasteiger partial charge in [-0.05, 0) is 33.1 Å². The topological polar surface area (TPSA) is 70.1 Å². The summed E-state index contributed by atoms with van der Waals surface area (Å²) in [5.74, 6) is -0.910. The van der Waals surface area contributed by atoms with Crippen molar-refractivity contribution < 1.29 is 19.4 Å². The summed E-state index contributed by atoms with van der Waals surface area (Å²) < 4.78 is 5.78. The molecule has 0 aromatic heterocycles. The zero-order valence-corrected chi connectivity index (χ0v) is 12.6. The number of carboxylic acid groups (broad SMARTS) is 1. The first kappa shape index (κ1) is 15.1. The summed E-state index contributed by atoms with van der Waals surface area (Å²) in [6, 6.07) is -0.881. The minimum Gasteiger partial charge on any atom is -0.480 e. The van der Waals surface area contributed by atoms with Crippen molar-refractivity contribution in [2.24, 2.45) is 5.92 Å². The van der Waals surface area contributed by atoms with Gasteiger partial charge < -0.3 is 19.6 Å². The number of hydrogen-bond donors (Lipinski definition) is 1. The van der Waals surface area contributed by atoms with Crippen LogP contribution >= 0.6 is 0 Å². The van der Waals surface area contributed by atoms with Gasteiger partial charge in [-0.3, -0.25) is 0 Å². The first-order valence-electron chi connectivity index (χ1n) is 7.17. The highest BCUT2D eigenvalue weighted by Crippen LogP contribution is 2.28. The molecule has 1 N–H and O–H groups in total. The Morgan fingerprint density at radius 1 is 1.30 bits per heavy atom. The number of urea groups is 1. The second-order valence-corrected chi connectivity index (χ2v) is 6.59. The van der Waals surface area contributed by atoms with Gasteiger partial charge in [0.05, 0.1) is 18.2 Å². The number of nitrogens with zero attached hydrogens (tertiary/aromatic N) is 2. The number of amides is 2. The highest BCUT2D eigenvalue weighted by atomic mass is 16.5. The van der Waals surface area contributed by atoms with Gasteiger partial charge in [0.25, 0.3) is 0 Å². The number of rotatable bonds is 1. The van der Waals surface area contributed by atoms with Crippen molar-refractivity contribution in [3.8, 4) is 0 Å². The number of carbonyl (C=O) groups excluding carboxylic acids is 1. The van der Waals surface area contributed by atoms with Gasteiger partial charge in [0.2, 0.25) is 0 Å². The van der Waals surface area contributed by atoms with Crippen molar-refractivity contribution in [1.82, 2.24) is 9.80 Å². The molecule has 2 heterocycles. The lowest BCUT2D eigenvalue weighted by Crippen LogP contribution is -2.58. The van der Waals surface area contributed by atoms with Crippen molar-refractivity contribution in [1.29, 1.82) is 0 Å². The van der Waals surface area contributed by atoms with E-state index >= 15 is 0 Å². The van der Waals surface area contributed by atoms with E-state index in [1.165, 1.54) is 4.90 Å². The van der Waals surface area contributed by atoms with Crippen molar-refractivity contribution in [2.45, 2.75) is 51.9 Å². The van der Waals surface area contributed by atoms with E-state index in [1.54, 1.807) is 4.90 Å². The van der Waals surface area contributed by atoms with E-state index in [0.717, 1.165) is 6.42 Å². The molecule has 2 fully saturated rings. The van der Waals surface area contributed by atoms with E-state index in [-0.39, 0.29) is 18.1 Å². The van der Waals surface area contributed by atoms with E-state index in [9.17, 15) is 14.7 Å². The van der Waals surface area contributed by atoms with Gasteiger partial charge >= 0.3 is 12.0 Å². The van der Waals surface area contributed by atoms with Crippen LogP contribution in [0.4, 0.5) is 4.79 Å². The lowest BCUT2D eigenvalue weighted by Gasteiger charge is -2.43. The van der Waals surface area contributed by atoms with Gasteiger partial charge in [0, 0.05) is 13.1 Å². The molecule has 3 atom stereocenters. The molecule has 0 aromatic rings. The Hall–Kier alpha value is -1.30. The van der Waals surface area contributed by atoms with Crippen LogP contribution in [-0.2, 0) is 9.53 Å². The Kier molecular flexibility index (Phi) is 3.95. The van der Waals surface area contributed by atoms with Gasteiger partial charge in [-0.2, -0.15) is 0 Å². The molecule has 6 heteroatoms. The quantitative estimate of drug-likeness (QED) is 0.790. The van der Waals surface area contributed by atoms with Crippen LogP contribution in [0.3, 0.4) is 0 Å². The summed E-state index contributed by atoms with van der Waals surface area (Å²) in [7, 11) is 0. The SMILES string of the molecule is CC1CN(C(=O)N2CCC(C)C2C(=O)O)CC(C)(C)O1. The number of morpholine rings is 1. The van der Waals surface area contributed by atoms with Crippen LogP contribution < -0.4 is 0 Å². The third kappa shape index (κ3) is 2.90. The summed E-state index contributed by atoms with van der Waals surface area (Å²) in [6.07, 6.45) is 0.706. The van der Waals surface area contributed by atoms with Crippen LogP contribution in [0.5, 0.6) is 0 Å². The number of hydrogen-bond acceptors (Lipinski definition) is 3. The van der Waals surface area contributed by atoms with E-state index in [0.29, 0.717) is 19.6 Å². The van der Waals surface area contributed by atoms with E-state index in [4.69, 9.17) is 4.74 Å². The number of likely N-dealkylation sites (tertiary alicyclic amines) is 1. The van der Waals surface area contributed by atoms with Crippen LogP contribution in [0, 0.1) is 5.92 Å². The molecule has 0 bridgehead atoms. The molecule has 0 aromatic carbocycles. The van der Waals surface area contributed by atoms with Gasteiger partial charge in [-0.15, -0.1) is 0 Å². The normalized spacial score (nSPS) is 33.3. The van der Waals surface area contributed by atoms with Gasteiger partial charge in [-0.25, -0.2) is 9.59 Å². The molecule has 6 nitrogen and oxygen atoms in total. The molecule has 2 aliphatic heterocycles. The number of aliphatic carboxylic acids is 1. The smallest absolute Gasteiger partial charge is 0.326 e. The predicted molar refractivity (Wildman–Crippen MR) is 73.5 cm³/mol. The average molecular weight is 284 g/mol. The fraction of sp³-hybridized carbons (Fsp3) is 0.857. The zero-order chi connectivity index (χ0) is 15.1. The Labute approximate surface area is 119 Å². The summed E-state index contributed by atoms with van der Waals surface area (Å²) >= 11 is 0. The summed E-state index contributed by atoms with van der Waals surface area (Å²) in [5, 5.41) is 9.32. The Bertz CT molecular complexity index is 410. The minimum absolute atomic E-state index is 0.00271. The molecular weight excluding hydrogens is 260 g/mol. The molecule has 2 rings (SSSR count). The molecule has 0 spiro atoms. The zero-order valence-electron chi connectivity index (χ0n) is 12.6. The van der Waals surface area contributed by atoms with Crippen LogP contribution in [0.1, 0.15) is 34.1 Å². The maximum atomic E-state index is 12.6. The molecule has 3 unspecified atom stereocenters. The Morgan fingerprint density at radius 3 is 2.50 bits per heavy atom. The molecule has 0 radical (unpaired) electrons. The molecule has 20 heavy (non-hydrogen) atoms. The predicted octanol–water partition coefficient (Wildman–Crippen LogP) is 1.40. The second-order valence-electron chi connectivity index (χ2n) is 6.59. The van der Waals surface area contributed by atoms with Gasteiger partial charge in [0.15, 0.2) is 0 Å². The third-order valence-corrected chi connectivity index (χ3v) is 4.04.